The van der Waals surface area contributed by atoms with Crippen LogP contribution in [0.5, 0.6) is 0 Å². The summed E-state index contributed by atoms with van der Waals surface area (Å²) in [5, 5.41) is 10.3. The number of carbonyl (C=O) groups excluding carboxylic acids is 1. The van der Waals surface area contributed by atoms with Crippen LogP contribution in [0.1, 0.15) is 37.7 Å². The van der Waals surface area contributed by atoms with Crippen LogP contribution < -0.4 is 0 Å². The highest BCUT2D eigenvalue weighted by molar-refractivity contribution is 7.99. The number of nitriles is 1. The topological polar surface area (TPSA) is 72.8 Å². The molecule has 1 amide bonds. The predicted octanol–water partition coefficient (Wildman–Crippen LogP) is 3.65. The van der Waals surface area contributed by atoms with E-state index in [1.807, 2.05) is 25.1 Å². The molecule has 6 heteroatoms. The second kappa shape index (κ2) is 6.86. The third kappa shape index (κ3) is 3.27. The van der Waals surface area contributed by atoms with Crippen molar-refractivity contribution in [1.82, 2.24) is 14.9 Å². The molecule has 1 fully saturated rings. The van der Waals surface area contributed by atoms with Crippen molar-refractivity contribution in [2.45, 2.75) is 49.7 Å². The van der Waals surface area contributed by atoms with E-state index in [0.717, 1.165) is 48.3 Å². The Morgan fingerprint density at radius 3 is 2.88 bits per heavy atom. The number of fused-ring (bicyclic) bond motifs is 1. The number of hydrogen-bond acceptors (Lipinski definition) is 4. The van der Waals surface area contributed by atoms with E-state index in [0.29, 0.717) is 5.75 Å². The molecule has 0 atom stereocenters. The first kappa shape index (κ1) is 16.8. The van der Waals surface area contributed by atoms with Gasteiger partial charge in [-0.25, -0.2) is 4.98 Å². The van der Waals surface area contributed by atoms with Crippen LogP contribution in [0.3, 0.4) is 0 Å². The maximum Gasteiger partial charge on any atom is 0.234 e. The molecular weight excluding hydrogens is 320 g/mol. The molecule has 0 radical (unpaired) electrons. The van der Waals surface area contributed by atoms with Crippen LogP contribution in [0.25, 0.3) is 11.0 Å². The molecule has 0 spiro atoms. The zero-order valence-electron chi connectivity index (χ0n) is 14.1. The van der Waals surface area contributed by atoms with E-state index in [9.17, 15) is 10.1 Å². The van der Waals surface area contributed by atoms with Gasteiger partial charge in [0.1, 0.15) is 5.54 Å². The number of aromatic amines is 1. The van der Waals surface area contributed by atoms with E-state index in [1.165, 1.54) is 17.3 Å². The van der Waals surface area contributed by atoms with E-state index < -0.39 is 5.54 Å². The lowest BCUT2D eigenvalue weighted by atomic mass is 9.81. The molecule has 3 rings (SSSR count). The number of nitrogens with one attached hydrogen (secondary N) is 1. The van der Waals surface area contributed by atoms with E-state index in [2.05, 4.69) is 16.0 Å². The number of thioether (sulfide) groups is 1. The minimum Gasteiger partial charge on any atom is -0.333 e. The number of aromatic nitrogens is 2. The lowest BCUT2D eigenvalue weighted by Crippen LogP contribution is -2.50. The Morgan fingerprint density at radius 1 is 1.42 bits per heavy atom. The third-order valence-corrected chi connectivity index (χ3v) is 5.71. The van der Waals surface area contributed by atoms with Crippen molar-refractivity contribution in [2.75, 3.05) is 12.8 Å². The molecule has 0 unspecified atom stereocenters. The lowest BCUT2D eigenvalue weighted by molar-refractivity contribution is -0.131. The Bertz CT molecular complexity index is 786. The van der Waals surface area contributed by atoms with Crippen LogP contribution in [0, 0.1) is 18.3 Å². The highest BCUT2D eigenvalue weighted by atomic mass is 32.2. The standard InChI is InChI=1S/C18H22N4OS/c1-13-6-7-14-15(10-13)21-17(20-14)24-11-16(23)22(2)18(12-19)8-4-3-5-9-18/h6-7,10H,3-5,8-9,11H2,1-2H3,(H,20,21). The van der Waals surface area contributed by atoms with Crippen molar-refractivity contribution < 1.29 is 4.79 Å². The molecule has 1 aliphatic rings. The average molecular weight is 342 g/mol. The molecule has 5 nitrogen and oxygen atoms in total. The normalized spacial score (nSPS) is 16.7. The van der Waals surface area contributed by atoms with Gasteiger partial charge in [0.2, 0.25) is 5.91 Å². The van der Waals surface area contributed by atoms with E-state index in [1.54, 1.807) is 11.9 Å². The fourth-order valence-electron chi connectivity index (χ4n) is 3.29. The van der Waals surface area contributed by atoms with Crippen LogP contribution in [-0.2, 0) is 4.79 Å². The zero-order valence-corrected chi connectivity index (χ0v) is 14.9. The molecule has 0 bridgehead atoms. The number of rotatable bonds is 4. The number of H-pyrrole nitrogens is 1. The number of benzene rings is 1. The second-order valence-corrected chi connectivity index (χ2v) is 7.47. The number of hydrogen-bond donors (Lipinski definition) is 1. The Kier molecular flexibility index (Phi) is 4.81. The van der Waals surface area contributed by atoms with Gasteiger partial charge in [-0.1, -0.05) is 37.1 Å². The SMILES string of the molecule is Cc1ccc2nc(SCC(=O)N(C)C3(C#N)CCCCC3)[nH]c2c1. The van der Waals surface area contributed by atoms with Gasteiger partial charge in [0.25, 0.3) is 0 Å². The number of amides is 1. The molecule has 1 aromatic heterocycles. The van der Waals surface area contributed by atoms with E-state index >= 15 is 0 Å². The van der Waals surface area contributed by atoms with Gasteiger partial charge in [-0.05, 0) is 37.5 Å². The second-order valence-electron chi connectivity index (χ2n) is 6.51. The summed E-state index contributed by atoms with van der Waals surface area (Å²) in [6.07, 6.45) is 4.74. The van der Waals surface area contributed by atoms with Crippen molar-refractivity contribution in [2.24, 2.45) is 0 Å². The Hall–Kier alpha value is -2.00. The van der Waals surface area contributed by atoms with Crippen molar-refractivity contribution in [3.05, 3.63) is 23.8 Å². The Labute approximate surface area is 146 Å². The number of aryl methyl sites for hydroxylation is 1. The molecule has 1 aromatic carbocycles. The third-order valence-electron chi connectivity index (χ3n) is 4.85. The summed E-state index contributed by atoms with van der Waals surface area (Å²) in [6.45, 7) is 2.04. The van der Waals surface area contributed by atoms with Crippen molar-refractivity contribution in [3.8, 4) is 6.07 Å². The van der Waals surface area contributed by atoms with Crippen LogP contribution in [-0.4, -0.2) is 39.1 Å². The van der Waals surface area contributed by atoms with Gasteiger partial charge in [0.15, 0.2) is 5.16 Å². The van der Waals surface area contributed by atoms with Crippen LogP contribution >= 0.6 is 11.8 Å². The fraction of sp³-hybridized carbons (Fsp3) is 0.500. The maximum atomic E-state index is 12.6. The quantitative estimate of drug-likeness (QED) is 0.861. The monoisotopic (exact) mass is 342 g/mol. The highest BCUT2D eigenvalue weighted by Crippen LogP contribution is 2.33. The summed E-state index contributed by atoms with van der Waals surface area (Å²) in [6, 6.07) is 8.45. The predicted molar refractivity (Wildman–Crippen MR) is 95.8 cm³/mol. The first-order chi connectivity index (χ1) is 11.5. The summed E-state index contributed by atoms with van der Waals surface area (Å²) in [7, 11) is 1.76. The molecule has 0 aliphatic heterocycles. The van der Waals surface area contributed by atoms with Gasteiger partial charge in [0, 0.05) is 7.05 Å². The van der Waals surface area contributed by atoms with Crippen LogP contribution in [0.2, 0.25) is 0 Å². The smallest absolute Gasteiger partial charge is 0.234 e. The molecule has 1 heterocycles. The van der Waals surface area contributed by atoms with Crippen LogP contribution in [0.15, 0.2) is 23.4 Å². The van der Waals surface area contributed by atoms with Crippen LogP contribution in [0.4, 0.5) is 0 Å². The Balaban J connectivity index is 1.66. The molecule has 1 N–H and O–H groups in total. The van der Waals surface area contributed by atoms with E-state index in [4.69, 9.17) is 0 Å². The minimum atomic E-state index is -0.624. The molecule has 1 aliphatic carbocycles. The number of imidazole rings is 1. The van der Waals surface area contributed by atoms with Gasteiger partial charge in [-0.15, -0.1) is 0 Å². The average Bonchev–Trinajstić information content (AvgIpc) is 3.01. The summed E-state index contributed by atoms with van der Waals surface area (Å²) in [5.41, 5.74) is 2.44. The molecule has 2 aromatic rings. The largest absolute Gasteiger partial charge is 0.333 e. The summed E-state index contributed by atoms with van der Waals surface area (Å²) in [5.74, 6) is 0.277. The molecule has 0 saturated heterocycles. The van der Waals surface area contributed by atoms with Crippen molar-refractivity contribution in [3.63, 3.8) is 0 Å². The summed E-state index contributed by atoms with van der Waals surface area (Å²) in [4.78, 5) is 22.0. The maximum absolute atomic E-state index is 12.6. The van der Waals surface area contributed by atoms with Gasteiger partial charge < -0.3 is 9.88 Å². The number of carbonyl (C=O) groups is 1. The minimum absolute atomic E-state index is 0.0138. The van der Waals surface area contributed by atoms with E-state index in [-0.39, 0.29) is 5.91 Å². The highest BCUT2D eigenvalue weighted by Gasteiger charge is 2.38. The van der Waals surface area contributed by atoms with Gasteiger partial charge in [0.05, 0.1) is 22.9 Å². The summed E-state index contributed by atoms with van der Waals surface area (Å²) < 4.78 is 0. The van der Waals surface area contributed by atoms with Crippen molar-refractivity contribution >= 4 is 28.7 Å². The van der Waals surface area contributed by atoms with Crippen molar-refractivity contribution in [1.29, 1.82) is 5.26 Å². The molecule has 126 valence electrons. The Morgan fingerprint density at radius 2 is 2.17 bits per heavy atom. The molecule has 1 saturated carbocycles. The van der Waals surface area contributed by atoms with Gasteiger partial charge in [-0.3, -0.25) is 4.79 Å². The van der Waals surface area contributed by atoms with Gasteiger partial charge in [-0.2, -0.15) is 5.26 Å². The molecular formula is C18H22N4OS. The zero-order chi connectivity index (χ0) is 17.2. The first-order valence-corrected chi connectivity index (χ1v) is 9.30. The fourth-order valence-corrected chi connectivity index (χ4v) is 4.09. The van der Waals surface area contributed by atoms with Gasteiger partial charge >= 0.3 is 0 Å². The number of nitrogens with zero attached hydrogens (tertiary/aromatic N) is 3. The summed E-state index contributed by atoms with van der Waals surface area (Å²) >= 11 is 1.39. The lowest BCUT2D eigenvalue weighted by Gasteiger charge is -2.39. The molecule has 24 heavy (non-hydrogen) atoms. The first-order valence-electron chi connectivity index (χ1n) is 8.31.